The number of benzene rings is 2. The molecule has 0 aliphatic heterocycles. The molecule has 2 aromatic rings. The monoisotopic (exact) mass is 249 g/mol. The van der Waals surface area contributed by atoms with Crippen molar-refractivity contribution in [2.24, 2.45) is 0 Å². The van der Waals surface area contributed by atoms with Gasteiger partial charge in [0.05, 0.1) is 23.3 Å². The molecule has 0 heterocycles. The fourth-order valence-electron chi connectivity index (χ4n) is 1.35. The standard InChI is InChI=1S/C8H4N2.C8H11N/c9-5-7-1-2-8(6-10)4-3-7;1-9(2)8-6-4-3-5-7-8/h1-4H;3-7H,1-2H3. The van der Waals surface area contributed by atoms with E-state index in [2.05, 4.69) is 17.0 Å². The summed E-state index contributed by atoms with van der Waals surface area (Å²) in [5.74, 6) is 0. The fraction of sp³-hybridized carbons (Fsp3) is 0.125. The average Bonchev–Trinajstić information content (AvgIpc) is 2.49. The van der Waals surface area contributed by atoms with Crippen LogP contribution < -0.4 is 4.90 Å². The summed E-state index contributed by atoms with van der Waals surface area (Å²) in [5.41, 5.74) is 2.41. The summed E-state index contributed by atoms with van der Waals surface area (Å²) in [6.07, 6.45) is 0. The minimum absolute atomic E-state index is 0.582. The summed E-state index contributed by atoms with van der Waals surface area (Å²) in [7, 11) is 4.07. The summed E-state index contributed by atoms with van der Waals surface area (Å²) in [5, 5.41) is 16.7. The van der Waals surface area contributed by atoms with Crippen LogP contribution in [0.4, 0.5) is 5.69 Å². The van der Waals surface area contributed by atoms with Crippen LogP contribution in [0, 0.1) is 22.7 Å². The van der Waals surface area contributed by atoms with Crippen LogP contribution in [0.5, 0.6) is 0 Å². The van der Waals surface area contributed by atoms with E-state index in [1.165, 1.54) is 5.69 Å². The molecule has 0 N–H and O–H groups in total. The van der Waals surface area contributed by atoms with Gasteiger partial charge in [0.25, 0.3) is 0 Å². The van der Waals surface area contributed by atoms with Crippen molar-refractivity contribution in [2.75, 3.05) is 19.0 Å². The van der Waals surface area contributed by atoms with Gasteiger partial charge in [0.2, 0.25) is 0 Å². The van der Waals surface area contributed by atoms with E-state index in [1.807, 2.05) is 44.4 Å². The molecule has 2 rings (SSSR count). The van der Waals surface area contributed by atoms with E-state index >= 15 is 0 Å². The molecule has 2 aromatic carbocycles. The summed E-state index contributed by atoms with van der Waals surface area (Å²) < 4.78 is 0. The molecule has 0 radical (unpaired) electrons. The molecule has 0 spiro atoms. The normalized spacial score (nSPS) is 8.42. The molecule has 0 bridgehead atoms. The SMILES string of the molecule is CN(C)c1ccccc1.N#Cc1ccc(C#N)cc1. The van der Waals surface area contributed by atoms with Crippen LogP contribution in [0.25, 0.3) is 0 Å². The maximum Gasteiger partial charge on any atom is 0.0991 e. The van der Waals surface area contributed by atoms with Crippen molar-refractivity contribution >= 4 is 5.69 Å². The number of rotatable bonds is 1. The second kappa shape index (κ2) is 7.53. The molecule has 19 heavy (non-hydrogen) atoms. The van der Waals surface area contributed by atoms with E-state index in [0.717, 1.165) is 0 Å². The van der Waals surface area contributed by atoms with Crippen LogP contribution in [-0.4, -0.2) is 14.1 Å². The number of hydrogen-bond acceptors (Lipinski definition) is 3. The maximum absolute atomic E-state index is 8.37. The molecule has 3 nitrogen and oxygen atoms in total. The highest BCUT2D eigenvalue weighted by Gasteiger charge is 1.89. The zero-order chi connectivity index (χ0) is 14.1. The van der Waals surface area contributed by atoms with Crippen LogP contribution in [-0.2, 0) is 0 Å². The third-order valence-corrected chi connectivity index (χ3v) is 2.42. The van der Waals surface area contributed by atoms with Gasteiger partial charge >= 0.3 is 0 Å². The van der Waals surface area contributed by atoms with Gasteiger partial charge in [0.1, 0.15) is 0 Å². The highest BCUT2D eigenvalue weighted by molar-refractivity contribution is 5.43. The van der Waals surface area contributed by atoms with Crippen molar-refractivity contribution in [1.29, 1.82) is 10.5 Å². The third-order valence-electron chi connectivity index (χ3n) is 2.42. The Balaban J connectivity index is 0.000000191. The average molecular weight is 249 g/mol. The van der Waals surface area contributed by atoms with Crippen molar-refractivity contribution < 1.29 is 0 Å². The lowest BCUT2D eigenvalue weighted by Gasteiger charge is -2.10. The molecule has 0 amide bonds. The Morgan fingerprint density at radius 3 is 1.42 bits per heavy atom. The predicted octanol–water partition coefficient (Wildman–Crippen LogP) is 3.18. The molecule has 0 aromatic heterocycles. The Labute approximate surface area is 113 Å². The number of hydrogen-bond donors (Lipinski definition) is 0. The van der Waals surface area contributed by atoms with Crippen molar-refractivity contribution in [2.45, 2.75) is 0 Å². The van der Waals surface area contributed by atoms with Gasteiger partial charge in [0.15, 0.2) is 0 Å². The van der Waals surface area contributed by atoms with Gasteiger partial charge < -0.3 is 4.90 Å². The largest absolute Gasteiger partial charge is 0.378 e. The fourth-order valence-corrected chi connectivity index (χ4v) is 1.35. The van der Waals surface area contributed by atoms with Crippen molar-refractivity contribution in [3.05, 3.63) is 65.7 Å². The summed E-state index contributed by atoms with van der Waals surface area (Å²) in [6.45, 7) is 0. The van der Waals surface area contributed by atoms with Crippen molar-refractivity contribution in [3.8, 4) is 12.1 Å². The number of para-hydroxylation sites is 1. The highest BCUT2D eigenvalue weighted by Crippen LogP contribution is 2.07. The van der Waals surface area contributed by atoms with Gasteiger partial charge in [-0.3, -0.25) is 0 Å². The molecule has 0 aliphatic rings. The van der Waals surface area contributed by atoms with Crippen molar-refractivity contribution in [1.82, 2.24) is 0 Å². The summed E-state index contributed by atoms with van der Waals surface area (Å²) >= 11 is 0. The van der Waals surface area contributed by atoms with Gasteiger partial charge in [-0.1, -0.05) is 18.2 Å². The maximum atomic E-state index is 8.37. The second-order valence-corrected chi connectivity index (χ2v) is 4.03. The van der Waals surface area contributed by atoms with E-state index in [1.54, 1.807) is 24.3 Å². The molecule has 94 valence electrons. The van der Waals surface area contributed by atoms with Gasteiger partial charge in [-0.25, -0.2) is 0 Å². The zero-order valence-corrected chi connectivity index (χ0v) is 11.0. The zero-order valence-electron chi connectivity index (χ0n) is 11.0. The Morgan fingerprint density at radius 2 is 1.16 bits per heavy atom. The Morgan fingerprint density at radius 1 is 0.737 bits per heavy atom. The van der Waals surface area contributed by atoms with E-state index in [4.69, 9.17) is 10.5 Å². The first kappa shape index (κ1) is 14.3. The highest BCUT2D eigenvalue weighted by atomic mass is 15.1. The van der Waals surface area contributed by atoms with E-state index in [-0.39, 0.29) is 0 Å². The first-order valence-corrected chi connectivity index (χ1v) is 5.80. The Hall–Kier alpha value is -2.78. The number of anilines is 1. The molecule has 0 fully saturated rings. The molecular weight excluding hydrogens is 234 g/mol. The molecule has 0 saturated carbocycles. The van der Waals surface area contributed by atoms with Crippen LogP contribution in [0.1, 0.15) is 11.1 Å². The molecule has 3 heteroatoms. The van der Waals surface area contributed by atoms with Gasteiger partial charge in [-0.15, -0.1) is 0 Å². The number of nitrogens with zero attached hydrogens (tertiary/aromatic N) is 3. The topological polar surface area (TPSA) is 50.8 Å². The van der Waals surface area contributed by atoms with Crippen LogP contribution >= 0.6 is 0 Å². The second-order valence-electron chi connectivity index (χ2n) is 4.03. The van der Waals surface area contributed by atoms with Gasteiger partial charge in [-0.05, 0) is 36.4 Å². The van der Waals surface area contributed by atoms with Crippen molar-refractivity contribution in [3.63, 3.8) is 0 Å². The summed E-state index contributed by atoms with van der Waals surface area (Å²) in [4.78, 5) is 2.08. The predicted molar refractivity (Wildman–Crippen MR) is 76.6 cm³/mol. The molecule has 0 atom stereocenters. The number of nitriles is 2. The molecule has 0 saturated heterocycles. The quantitative estimate of drug-likeness (QED) is 0.780. The molecule has 0 aliphatic carbocycles. The van der Waals surface area contributed by atoms with E-state index < -0.39 is 0 Å². The lowest BCUT2D eigenvalue weighted by Crippen LogP contribution is -2.07. The van der Waals surface area contributed by atoms with Crippen LogP contribution in [0.2, 0.25) is 0 Å². The Kier molecular flexibility index (Phi) is 5.66. The smallest absolute Gasteiger partial charge is 0.0991 e. The molecular formula is C16H15N3. The minimum atomic E-state index is 0.582. The van der Waals surface area contributed by atoms with Crippen LogP contribution in [0.15, 0.2) is 54.6 Å². The first-order chi connectivity index (χ1) is 9.17. The Bertz CT molecular complexity index is 539. The van der Waals surface area contributed by atoms with E-state index in [9.17, 15) is 0 Å². The van der Waals surface area contributed by atoms with Gasteiger partial charge in [-0.2, -0.15) is 10.5 Å². The van der Waals surface area contributed by atoms with Crippen LogP contribution in [0.3, 0.4) is 0 Å². The first-order valence-electron chi connectivity index (χ1n) is 5.80. The van der Waals surface area contributed by atoms with E-state index in [0.29, 0.717) is 11.1 Å². The lowest BCUT2D eigenvalue weighted by molar-refractivity contribution is 1.13. The lowest BCUT2D eigenvalue weighted by atomic mass is 10.2. The summed E-state index contributed by atoms with van der Waals surface area (Å²) in [6, 6.07) is 20.7. The minimum Gasteiger partial charge on any atom is -0.378 e. The molecule has 0 unspecified atom stereocenters. The third kappa shape index (κ3) is 4.93. The van der Waals surface area contributed by atoms with Gasteiger partial charge in [0, 0.05) is 19.8 Å².